The topological polar surface area (TPSA) is 74.7 Å². The van der Waals surface area contributed by atoms with E-state index in [2.05, 4.69) is 0 Å². The van der Waals surface area contributed by atoms with Crippen molar-refractivity contribution in [2.24, 2.45) is 5.92 Å². The van der Waals surface area contributed by atoms with Gasteiger partial charge < -0.3 is 5.11 Å². The summed E-state index contributed by atoms with van der Waals surface area (Å²) in [5, 5.41) is 10.8. The first-order valence-electron chi connectivity index (χ1n) is 10.7. The summed E-state index contributed by atoms with van der Waals surface area (Å²) < 4.78 is 28.4. The number of hydrogen-bond donors (Lipinski definition) is 1. The zero-order valence-corrected chi connectivity index (χ0v) is 18.2. The number of nitrogens with zero attached hydrogens (tertiary/aromatic N) is 1. The van der Waals surface area contributed by atoms with E-state index in [1.54, 1.807) is 16.4 Å². The lowest BCUT2D eigenvalue weighted by molar-refractivity contribution is -0.137. The van der Waals surface area contributed by atoms with Crippen LogP contribution in [0.15, 0.2) is 77.7 Å². The summed E-state index contributed by atoms with van der Waals surface area (Å²) in [4.78, 5) is 11.5. The summed E-state index contributed by atoms with van der Waals surface area (Å²) in [6.07, 6.45) is 2.14. The van der Waals surface area contributed by atoms with E-state index in [1.807, 2.05) is 60.7 Å². The van der Waals surface area contributed by atoms with Crippen molar-refractivity contribution in [1.29, 1.82) is 0 Å². The van der Waals surface area contributed by atoms with Gasteiger partial charge in [0.15, 0.2) is 0 Å². The molecule has 3 aromatic rings. The summed E-state index contributed by atoms with van der Waals surface area (Å²) in [6, 6.07) is 22.9. The minimum Gasteiger partial charge on any atom is -0.481 e. The maximum Gasteiger partial charge on any atom is 0.303 e. The maximum absolute atomic E-state index is 13.4. The summed E-state index contributed by atoms with van der Waals surface area (Å²) in [5.41, 5.74) is 1.14. The molecule has 1 heterocycles. The van der Waals surface area contributed by atoms with Crippen molar-refractivity contribution in [2.45, 2.75) is 36.5 Å². The van der Waals surface area contributed by atoms with E-state index >= 15 is 0 Å². The number of benzene rings is 3. The number of sulfonamides is 1. The lowest BCUT2D eigenvalue weighted by Crippen LogP contribution is -2.39. The normalized spacial score (nSPS) is 16.9. The lowest BCUT2D eigenvalue weighted by Gasteiger charge is -2.36. The van der Waals surface area contributed by atoms with Crippen molar-refractivity contribution in [1.82, 2.24) is 4.31 Å². The molecule has 0 aliphatic carbocycles. The van der Waals surface area contributed by atoms with Crippen molar-refractivity contribution in [3.8, 4) is 0 Å². The molecule has 1 saturated heterocycles. The Hall–Kier alpha value is -2.70. The SMILES string of the molecule is O=C(O)CCC(c1ccccc1)C1CCN(S(=O)(=O)c2cccc3ccccc23)CC1. The molecule has 162 valence electrons. The molecule has 0 amide bonds. The molecule has 0 aromatic heterocycles. The van der Waals surface area contributed by atoms with Crippen LogP contribution >= 0.6 is 0 Å². The van der Waals surface area contributed by atoms with Gasteiger partial charge >= 0.3 is 5.97 Å². The minimum absolute atomic E-state index is 0.119. The predicted octanol–water partition coefficient (Wildman–Crippen LogP) is 4.89. The second-order valence-corrected chi connectivity index (χ2v) is 10.1. The first kappa shape index (κ1) is 21.5. The number of carboxylic acid groups (broad SMARTS) is 1. The van der Waals surface area contributed by atoms with Gasteiger partial charge in [-0.1, -0.05) is 66.7 Å². The first-order chi connectivity index (χ1) is 15.0. The Balaban J connectivity index is 1.53. The number of aliphatic carboxylic acids is 1. The van der Waals surface area contributed by atoms with Crippen LogP contribution in [-0.2, 0) is 14.8 Å². The standard InChI is InChI=1S/C25H27NO4S/c27-25(28)14-13-22(19-7-2-1-3-8-19)21-15-17-26(18-16-21)31(29,30)24-12-6-10-20-9-4-5-11-23(20)24/h1-12,21-22H,13-18H2,(H,27,28). The van der Waals surface area contributed by atoms with E-state index in [9.17, 15) is 18.3 Å². The van der Waals surface area contributed by atoms with E-state index in [4.69, 9.17) is 0 Å². The first-order valence-corrected chi connectivity index (χ1v) is 12.2. The molecular formula is C25H27NO4S. The van der Waals surface area contributed by atoms with E-state index in [0.717, 1.165) is 29.2 Å². The van der Waals surface area contributed by atoms with Gasteiger partial charge in [-0.05, 0) is 48.1 Å². The lowest BCUT2D eigenvalue weighted by atomic mass is 9.78. The van der Waals surface area contributed by atoms with Gasteiger partial charge in [-0.15, -0.1) is 0 Å². The molecule has 0 bridgehead atoms. The van der Waals surface area contributed by atoms with E-state index < -0.39 is 16.0 Å². The molecule has 3 aromatic carbocycles. The Kier molecular flexibility index (Phi) is 6.39. The van der Waals surface area contributed by atoms with E-state index in [1.165, 1.54) is 0 Å². The minimum atomic E-state index is -3.59. The Morgan fingerprint density at radius 1 is 0.935 bits per heavy atom. The van der Waals surface area contributed by atoms with Crippen LogP contribution in [-0.4, -0.2) is 36.9 Å². The third-order valence-corrected chi connectivity index (χ3v) is 8.29. The van der Waals surface area contributed by atoms with Crippen molar-refractivity contribution in [2.75, 3.05) is 13.1 Å². The molecule has 0 saturated carbocycles. The van der Waals surface area contributed by atoms with Gasteiger partial charge in [-0.2, -0.15) is 4.31 Å². The molecule has 1 N–H and O–H groups in total. The molecule has 1 atom stereocenters. The molecule has 1 aliphatic heterocycles. The molecule has 0 spiro atoms. The average molecular weight is 438 g/mol. The van der Waals surface area contributed by atoms with Crippen molar-refractivity contribution < 1.29 is 18.3 Å². The highest BCUT2D eigenvalue weighted by Crippen LogP contribution is 2.38. The van der Waals surface area contributed by atoms with Gasteiger partial charge in [0.2, 0.25) is 10.0 Å². The Bertz CT molecular complexity index is 1150. The van der Waals surface area contributed by atoms with Crippen LogP contribution in [0.3, 0.4) is 0 Å². The summed E-state index contributed by atoms with van der Waals surface area (Å²) >= 11 is 0. The molecule has 1 fully saturated rings. The molecular weight excluding hydrogens is 410 g/mol. The zero-order valence-electron chi connectivity index (χ0n) is 17.4. The van der Waals surface area contributed by atoms with Crippen molar-refractivity contribution in [3.05, 3.63) is 78.4 Å². The number of hydrogen-bond acceptors (Lipinski definition) is 3. The fourth-order valence-corrected chi connectivity index (χ4v) is 6.42. The second kappa shape index (κ2) is 9.20. The van der Waals surface area contributed by atoms with Gasteiger partial charge in [0.25, 0.3) is 0 Å². The highest BCUT2D eigenvalue weighted by Gasteiger charge is 2.34. The summed E-state index contributed by atoms with van der Waals surface area (Å²) in [7, 11) is -3.59. The molecule has 0 radical (unpaired) electrons. The number of carboxylic acids is 1. The predicted molar refractivity (Wildman–Crippen MR) is 121 cm³/mol. The van der Waals surface area contributed by atoms with Crippen LogP contribution in [0.4, 0.5) is 0 Å². The fraction of sp³-hybridized carbons (Fsp3) is 0.320. The zero-order chi connectivity index (χ0) is 21.8. The van der Waals surface area contributed by atoms with Crippen LogP contribution in [0.5, 0.6) is 0 Å². The highest BCUT2D eigenvalue weighted by molar-refractivity contribution is 7.89. The molecule has 5 nitrogen and oxygen atoms in total. The summed E-state index contributed by atoms with van der Waals surface area (Å²) in [6.45, 7) is 0.902. The molecule has 1 aliphatic rings. The van der Waals surface area contributed by atoms with Crippen LogP contribution in [0.2, 0.25) is 0 Å². The average Bonchev–Trinajstić information content (AvgIpc) is 2.79. The fourth-order valence-electron chi connectivity index (χ4n) is 4.73. The molecule has 31 heavy (non-hydrogen) atoms. The Morgan fingerprint density at radius 3 is 2.29 bits per heavy atom. The number of carbonyl (C=O) groups is 1. The van der Waals surface area contributed by atoms with Gasteiger partial charge in [0.1, 0.15) is 0 Å². The molecule has 6 heteroatoms. The van der Waals surface area contributed by atoms with Gasteiger partial charge in [0, 0.05) is 24.9 Å². The third-order valence-electron chi connectivity index (χ3n) is 6.33. The van der Waals surface area contributed by atoms with Crippen molar-refractivity contribution in [3.63, 3.8) is 0 Å². The third kappa shape index (κ3) is 4.65. The largest absolute Gasteiger partial charge is 0.481 e. The van der Waals surface area contributed by atoms with E-state index in [0.29, 0.717) is 24.4 Å². The van der Waals surface area contributed by atoms with Gasteiger partial charge in [0.05, 0.1) is 4.90 Å². The van der Waals surface area contributed by atoms with E-state index in [-0.39, 0.29) is 18.3 Å². The van der Waals surface area contributed by atoms with Crippen LogP contribution in [0, 0.1) is 5.92 Å². The Morgan fingerprint density at radius 2 is 1.58 bits per heavy atom. The molecule has 1 unspecified atom stereocenters. The Labute approximate surface area is 183 Å². The van der Waals surface area contributed by atoms with Crippen molar-refractivity contribution >= 4 is 26.8 Å². The van der Waals surface area contributed by atoms with Gasteiger partial charge in [-0.25, -0.2) is 8.42 Å². The number of rotatable bonds is 7. The number of fused-ring (bicyclic) bond motifs is 1. The van der Waals surface area contributed by atoms with Crippen LogP contribution in [0.1, 0.15) is 37.2 Å². The van der Waals surface area contributed by atoms with Crippen LogP contribution < -0.4 is 0 Å². The number of piperidine rings is 1. The smallest absolute Gasteiger partial charge is 0.303 e. The quantitative estimate of drug-likeness (QED) is 0.571. The maximum atomic E-state index is 13.4. The summed E-state index contributed by atoms with van der Waals surface area (Å²) in [5.74, 6) is -0.405. The monoisotopic (exact) mass is 437 g/mol. The highest BCUT2D eigenvalue weighted by atomic mass is 32.2. The van der Waals surface area contributed by atoms with Crippen LogP contribution in [0.25, 0.3) is 10.8 Å². The molecule has 4 rings (SSSR count). The van der Waals surface area contributed by atoms with Gasteiger partial charge in [-0.3, -0.25) is 4.79 Å². The second-order valence-electron chi connectivity index (χ2n) is 8.17.